The first-order chi connectivity index (χ1) is 7.12. The number of piperazine rings is 1. The highest BCUT2D eigenvalue weighted by Gasteiger charge is 2.44. The van der Waals surface area contributed by atoms with Crippen LogP contribution in [0.4, 0.5) is 0 Å². The third-order valence-electron chi connectivity index (χ3n) is 3.55. The Balaban J connectivity index is 2.00. The van der Waals surface area contributed by atoms with Gasteiger partial charge in [0.05, 0.1) is 5.54 Å². The van der Waals surface area contributed by atoms with E-state index >= 15 is 0 Å². The average Bonchev–Trinajstić information content (AvgIpc) is 2.47. The van der Waals surface area contributed by atoms with E-state index in [1.165, 1.54) is 0 Å². The largest absolute Gasteiger partial charge is 0.303 e. The van der Waals surface area contributed by atoms with Crippen molar-refractivity contribution in [2.75, 3.05) is 26.2 Å². The molecule has 0 radical (unpaired) electrons. The van der Waals surface area contributed by atoms with Gasteiger partial charge in [-0.2, -0.15) is 0 Å². The van der Waals surface area contributed by atoms with E-state index in [0.29, 0.717) is 11.7 Å². The maximum atomic E-state index is 11.9. The molecule has 1 aliphatic heterocycles. The molecule has 1 heterocycles. The van der Waals surface area contributed by atoms with Gasteiger partial charge in [0.2, 0.25) is 0 Å². The second-order valence-corrected chi connectivity index (χ2v) is 5.41. The van der Waals surface area contributed by atoms with Crippen LogP contribution in [0.15, 0.2) is 0 Å². The Kier molecular flexibility index (Phi) is 3.12. The normalized spacial score (nSPS) is 33.1. The van der Waals surface area contributed by atoms with Crippen molar-refractivity contribution in [3.8, 4) is 0 Å². The fourth-order valence-electron chi connectivity index (χ4n) is 2.93. The van der Waals surface area contributed by atoms with E-state index in [1.54, 1.807) is 0 Å². The Morgan fingerprint density at radius 3 is 2.93 bits per heavy atom. The molecule has 3 heteroatoms. The van der Waals surface area contributed by atoms with Gasteiger partial charge < -0.3 is 5.32 Å². The van der Waals surface area contributed by atoms with Crippen LogP contribution in [0.2, 0.25) is 0 Å². The zero-order chi connectivity index (χ0) is 10.9. The summed E-state index contributed by atoms with van der Waals surface area (Å²) < 4.78 is 0. The van der Waals surface area contributed by atoms with Crippen molar-refractivity contribution in [2.24, 2.45) is 5.92 Å². The van der Waals surface area contributed by atoms with Crippen molar-refractivity contribution < 1.29 is 4.79 Å². The molecule has 2 rings (SSSR count). The lowest BCUT2D eigenvalue weighted by atomic mass is 9.93. The Morgan fingerprint density at radius 1 is 1.53 bits per heavy atom. The molecule has 15 heavy (non-hydrogen) atoms. The van der Waals surface area contributed by atoms with Gasteiger partial charge in [0.15, 0.2) is 5.78 Å². The quantitative estimate of drug-likeness (QED) is 0.739. The highest BCUT2D eigenvalue weighted by atomic mass is 16.1. The van der Waals surface area contributed by atoms with Crippen LogP contribution >= 0.6 is 0 Å². The summed E-state index contributed by atoms with van der Waals surface area (Å²) in [5.74, 6) is 1.13. The summed E-state index contributed by atoms with van der Waals surface area (Å²) in [4.78, 5) is 14.3. The topological polar surface area (TPSA) is 32.3 Å². The lowest BCUT2D eigenvalue weighted by molar-refractivity contribution is -0.124. The van der Waals surface area contributed by atoms with E-state index in [4.69, 9.17) is 0 Å². The van der Waals surface area contributed by atoms with Crippen molar-refractivity contribution in [3.63, 3.8) is 0 Å². The van der Waals surface area contributed by atoms with Crippen LogP contribution in [0, 0.1) is 5.92 Å². The third-order valence-corrected chi connectivity index (χ3v) is 3.55. The number of nitrogens with zero attached hydrogens (tertiary/aromatic N) is 1. The van der Waals surface area contributed by atoms with Crippen molar-refractivity contribution in [1.82, 2.24) is 10.2 Å². The third kappa shape index (κ3) is 2.23. The van der Waals surface area contributed by atoms with Crippen LogP contribution in [0.1, 0.15) is 33.1 Å². The lowest BCUT2D eigenvalue weighted by Gasteiger charge is -2.40. The van der Waals surface area contributed by atoms with Gasteiger partial charge in [-0.25, -0.2) is 0 Å². The monoisotopic (exact) mass is 210 g/mol. The second-order valence-electron chi connectivity index (χ2n) is 5.41. The fraction of sp³-hybridized carbons (Fsp3) is 0.917. The molecule has 0 aromatic rings. The van der Waals surface area contributed by atoms with Gasteiger partial charge in [-0.15, -0.1) is 0 Å². The zero-order valence-electron chi connectivity index (χ0n) is 9.88. The number of hydrogen-bond donors (Lipinski definition) is 1. The smallest absolute Gasteiger partial charge is 0.154 e. The minimum atomic E-state index is -0.173. The van der Waals surface area contributed by atoms with Crippen LogP contribution in [-0.4, -0.2) is 42.4 Å². The van der Waals surface area contributed by atoms with Gasteiger partial charge in [0, 0.05) is 32.6 Å². The molecule has 1 unspecified atom stereocenters. The van der Waals surface area contributed by atoms with E-state index in [0.717, 1.165) is 45.4 Å². The Hall–Kier alpha value is -0.410. The molecule has 1 saturated carbocycles. The molecular formula is C12H22N2O. The summed E-state index contributed by atoms with van der Waals surface area (Å²) in [5, 5.41) is 3.46. The van der Waals surface area contributed by atoms with Gasteiger partial charge in [0.1, 0.15) is 0 Å². The minimum absolute atomic E-state index is 0.173. The molecule has 2 aliphatic rings. The number of Topliss-reactive ketones (excluding diaryl/α,β-unsaturated/α-hetero) is 1. The molecule has 3 nitrogen and oxygen atoms in total. The van der Waals surface area contributed by atoms with Crippen molar-refractivity contribution in [1.29, 1.82) is 0 Å². The van der Waals surface area contributed by atoms with Gasteiger partial charge in [0.25, 0.3) is 0 Å². The van der Waals surface area contributed by atoms with Crippen molar-refractivity contribution in [3.05, 3.63) is 0 Å². The Labute approximate surface area is 92.2 Å². The predicted octanol–water partition coefficient (Wildman–Crippen LogP) is 1.04. The molecule has 1 aliphatic carbocycles. The number of carbonyl (C=O) groups excluding carboxylic acids is 1. The molecule has 2 fully saturated rings. The maximum Gasteiger partial charge on any atom is 0.154 e. The molecule has 0 bridgehead atoms. The maximum absolute atomic E-state index is 11.9. The van der Waals surface area contributed by atoms with E-state index < -0.39 is 0 Å². The molecular weight excluding hydrogens is 188 g/mol. The van der Waals surface area contributed by atoms with E-state index in [9.17, 15) is 4.79 Å². The van der Waals surface area contributed by atoms with Gasteiger partial charge >= 0.3 is 0 Å². The molecule has 1 saturated heterocycles. The van der Waals surface area contributed by atoms with Crippen molar-refractivity contribution >= 4 is 5.78 Å². The summed E-state index contributed by atoms with van der Waals surface area (Å²) in [6, 6.07) is 0. The van der Waals surface area contributed by atoms with Gasteiger partial charge in [-0.3, -0.25) is 9.69 Å². The van der Waals surface area contributed by atoms with Crippen LogP contribution < -0.4 is 5.32 Å². The van der Waals surface area contributed by atoms with E-state index in [-0.39, 0.29) is 5.54 Å². The molecule has 1 spiro atoms. The predicted molar refractivity (Wildman–Crippen MR) is 60.9 cm³/mol. The summed E-state index contributed by atoms with van der Waals surface area (Å²) in [5.41, 5.74) is -0.173. The minimum Gasteiger partial charge on any atom is -0.303 e. The number of hydrogen-bond acceptors (Lipinski definition) is 3. The van der Waals surface area contributed by atoms with Crippen LogP contribution in [0.3, 0.4) is 0 Å². The highest BCUT2D eigenvalue weighted by molar-refractivity contribution is 5.90. The van der Waals surface area contributed by atoms with Gasteiger partial charge in [-0.1, -0.05) is 13.8 Å². The molecule has 1 N–H and O–H groups in total. The summed E-state index contributed by atoms with van der Waals surface area (Å²) in [6.07, 6.45) is 2.89. The van der Waals surface area contributed by atoms with Crippen molar-refractivity contribution in [2.45, 2.75) is 38.6 Å². The fourth-order valence-corrected chi connectivity index (χ4v) is 2.93. The average molecular weight is 210 g/mol. The molecule has 0 aromatic carbocycles. The highest BCUT2D eigenvalue weighted by Crippen LogP contribution is 2.29. The zero-order valence-corrected chi connectivity index (χ0v) is 9.88. The second kappa shape index (κ2) is 4.22. The summed E-state index contributed by atoms with van der Waals surface area (Å²) >= 11 is 0. The van der Waals surface area contributed by atoms with E-state index in [2.05, 4.69) is 24.1 Å². The van der Waals surface area contributed by atoms with Gasteiger partial charge in [-0.05, 0) is 18.8 Å². The summed E-state index contributed by atoms with van der Waals surface area (Å²) in [6.45, 7) is 8.60. The summed E-state index contributed by atoms with van der Waals surface area (Å²) in [7, 11) is 0. The Bertz CT molecular complexity index is 252. The number of rotatable bonds is 2. The number of nitrogens with one attached hydrogen (secondary N) is 1. The SMILES string of the molecule is CC(C)CN1CCNC2(CCCC2=O)C1. The van der Waals surface area contributed by atoms with Crippen LogP contribution in [0.25, 0.3) is 0 Å². The number of ketones is 1. The molecule has 86 valence electrons. The first-order valence-corrected chi connectivity index (χ1v) is 6.13. The van der Waals surface area contributed by atoms with Crippen LogP contribution in [-0.2, 0) is 4.79 Å². The first-order valence-electron chi connectivity index (χ1n) is 6.13. The lowest BCUT2D eigenvalue weighted by Crippen LogP contribution is -2.62. The molecule has 0 aromatic heterocycles. The first kappa shape index (κ1) is 11.1. The Morgan fingerprint density at radius 2 is 2.33 bits per heavy atom. The standard InChI is InChI=1S/C12H22N2O/c1-10(2)8-14-7-6-13-12(9-14)5-3-4-11(12)15/h10,13H,3-9H2,1-2H3. The molecule has 0 amide bonds. The van der Waals surface area contributed by atoms with Crippen LogP contribution in [0.5, 0.6) is 0 Å². The molecule has 1 atom stereocenters. The van der Waals surface area contributed by atoms with E-state index in [1.807, 2.05) is 0 Å². The number of carbonyl (C=O) groups is 1.